The summed E-state index contributed by atoms with van der Waals surface area (Å²) < 4.78 is 0. The Morgan fingerprint density at radius 3 is 2.21 bits per heavy atom. The van der Waals surface area contributed by atoms with Crippen molar-refractivity contribution in [2.75, 3.05) is 0 Å². The average Bonchev–Trinajstić information content (AvgIpc) is 2.45. The van der Waals surface area contributed by atoms with E-state index < -0.39 is 5.09 Å². The summed E-state index contributed by atoms with van der Waals surface area (Å²) in [5.41, 5.74) is 0.873. The van der Waals surface area contributed by atoms with Crippen LogP contribution in [0.1, 0.15) is 5.56 Å². The van der Waals surface area contributed by atoms with Crippen molar-refractivity contribution in [3.05, 3.63) is 82.6 Å². The minimum atomic E-state index is -0.825. The Labute approximate surface area is 114 Å². The summed E-state index contributed by atoms with van der Waals surface area (Å²) in [6.07, 6.45) is 1.16. The molecule has 2 aromatic carbocycles. The Hall–Kier alpha value is -2.27. The lowest BCUT2D eigenvalue weighted by molar-refractivity contribution is -0.737. The standard InChI is InChI=1S/C14H11NO3S/c16-15(17)18-11-14(12-7-3-1-4-8-12)19-13-9-5-2-6-10-13/h1-11H/b14-11+. The Morgan fingerprint density at radius 1 is 1.05 bits per heavy atom. The number of rotatable bonds is 5. The highest BCUT2D eigenvalue weighted by Crippen LogP contribution is 2.33. The predicted octanol–water partition coefficient (Wildman–Crippen LogP) is 3.99. The lowest BCUT2D eigenvalue weighted by atomic mass is 10.2. The van der Waals surface area contributed by atoms with Gasteiger partial charge in [-0.25, -0.2) is 0 Å². The highest BCUT2D eigenvalue weighted by molar-refractivity contribution is 8.08. The molecule has 0 bridgehead atoms. The molecular formula is C14H11NO3S. The molecule has 0 aliphatic rings. The van der Waals surface area contributed by atoms with Gasteiger partial charge >= 0.3 is 0 Å². The van der Waals surface area contributed by atoms with Gasteiger partial charge in [-0.05, 0) is 17.7 Å². The van der Waals surface area contributed by atoms with Crippen LogP contribution in [0.15, 0.2) is 71.8 Å². The van der Waals surface area contributed by atoms with Crippen molar-refractivity contribution >= 4 is 16.7 Å². The summed E-state index contributed by atoms with van der Waals surface area (Å²) in [6.45, 7) is 0. The quantitative estimate of drug-likeness (QED) is 0.358. The average molecular weight is 273 g/mol. The van der Waals surface area contributed by atoms with Crippen LogP contribution in [0, 0.1) is 10.1 Å². The van der Waals surface area contributed by atoms with Gasteiger partial charge in [0.05, 0.1) is 0 Å². The number of nitrogens with zero attached hydrogens (tertiary/aromatic N) is 1. The van der Waals surface area contributed by atoms with Crippen molar-refractivity contribution in [3.8, 4) is 0 Å². The highest BCUT2D eigenvalue weighted by Gasteiger charge is 2.05. The molecule has 96 valence electrons. The lowest BCUT2D eigenvalue weighted by Gasteiger charge is -2.06. The maximum absolute atomic E-state index is 10.3. The molecular weight excluding hydrogens is 262 g/mol. The van der Waals surface area contributed by atoms with Crippen molar-refractivity contribution in [2.45, 2.75) is 4.90 Å². The zero-order valence-electron chi connectivity index (χ0n) is 9.93. The van der Waals surface area contributed by atoms with Crippen LogP contribution in [0.25, 0.3) is 4.91 Å². The Kier molecular flexibility index (Phi) is 4.58. The first-order chi connectivity index (χ1) is 9.25. The van der Waals surface area contributed by atoms with E-state index in [9.17, 15) is 10.1 Å². The molecule has 19 heavy (non-hydrogen) atoms. The minimum absolute atomic E-state index is 0.684. The van der Waals surface area contributed by atoms with Gasteiger partial charge in [-0.15, -0.1) is 10.1 Å². The van der Waals surface area contributed by atoms with Crippen molar-refractivity contribution in [2.24, 2.45) is 0 Å². The zero-order valence-corrected chi connectivity index (χ0v) is 10.7. The smallest absolute Gasteiger partial charge is 0.283 e. The van der Waals surface area contributed by atoms with Gasteiger partial charge in [0.15, 0.2) is 0 Å². The van der Waals surface area contributed by atoms with Crippen molar-refractivity contribution < 1.29 is 9.92 Å². The molecule has 0 heterocycles. The number of benzene rings is 2. The molecule has 0 aliphatic heterocycles. The van der Waals surface area contributed by atoms with E-state index in [2.05, 4.69) is 4.84 Å². The Bertz CT molecular complexity index is 570. The molecule has 2 rings (SSSR count). The molecule has 0 aliphatic carbocycles. The summed E-state index contributed by atoms with van der Waals surface area (Å²) in [7, 11) is 0. The van der Waals surface area contributed by atoms with Crippen LogP contribution in [-0.4, -0.2) is 5.09 Å². The van der Waals surface area contributed by atoms with E-state index in [-0.39, 0.29) is 0 Å². The molecule has 5 heteroatoms. The van der Waals surface area contributed by atoms with Crippen LogP contribution >= 0.6 is 11.8 Å². The second-order valence-electron chi connectivity index (χ2n) is 3.59. The van der Waals surface area contributed by atoms with Gasteiger partial charge in [0.2, 0.25) is 0 Å². The molecule has 4 nitrogen and oxygen atoms in total. The first-order valence-electron chi connectivity index (χ1n) is 5.55. The van der Waals surface area contributed by atoms with Crippen LogP contribution in [-0.2, 0) is 4.84 Å². The Balaban J connectivity index is 2.25. The molecule has 0 aromatic heterocycles. The molecule has 0 N–H and O–H groups in total. The molecule has 0 spiro atoms. The third-order valence-corrected chi connectivity index (χ3v) is 3.33. The maximum atomic E-state index is 10.3. The predicted molar refractivity (Wildman–Crippen MR) is 74.8 cm³/mol. The van der Waals surface area contributed by atoms with E-state index in [1.54, 1.807) is 0 Å². The van der Waals surface area contributed by atoms with E-state index in [0.717, 1.165) is 16.7 Å². The summed E-state index contributed by atoms with van der Waals surface area (Å²) >= 11 is 1.42. The number of hydrogen-bond donors (Lipinski definition) is 0. The van der Waals surface area contributed by atoms with E-state index in [0.29, 0.717) is 4.91 Å². The van der Waals surface area contributed by atoms with E-state index in [1.165, 1.54) is 11.8 Å². The first kappa shape index (κ1) is 13.2. The van der Waals surface area contributed by atoms with Gasteiger partial charge in [0, 0.05) is 9.80 Å². The molecule has 0 atom stereocenters. The van der Waals surface area contributed by atoms with Crippen molar-refractivity contribution in [1.29, 1.82) is 0 Å². The molecule has 0 unspecified atom stereocenters. The largest absolute Gasteiger partial charge is 0.299 e. The monoisotopic (exact) mass is 273 g/mol. The fourth-order valence-electron chi connectivity index (χ4n) is 1.46. The fourth-order valence-corrected chi connectivity index (χ4v) is 2.35. The molecule has 0 radical (unpaired) electrons. The van der Waals surface area contributed by atoms with E-state index >= 15 is 0 Å². The maximum Gasteiger partial charge on any atom is 0.299 e. The zero-order chi connectivity index (χ0) is 13.5. The van der Waals surface area contributed by atoms with E-state index in [1.807, 2.05) is 60.7 Å². The summed E-state index contributed by atoms with van der Waals surface area (Å²) in [4.78, 5) is 16.4. The van der Waals surface area contributed by atoms with Crippen LogP contribution in [0.3, 0.4) is 0 Å². The van der Waals surface area contributed by atoms with Crippen molar-refractivity contribution in [1.82, 2.24) is 0 Å². The van der Waals surface area contributed by atoms with Gasteiger partial charge in [-0.3, -0.25) is 4.84 Å². The minimum Gasteiger partial charge on any atom is -0.283 e. The normalized spacial score (nSPS) is 11.1. The number of thioether (sulfide) groups is 1. The molecule has 0 amide bonds. The van der Waals surface area contributed by atoms with Gasteiger partial charge in [0.25, 0.3) is 5.09 Å². The summed E-state index contributed by atoms with van der Waals surface area (Å²) in [5, 5.41) is 9.49. The second-order valence-corrected chi connectivity index (χ2v) is 4.71. The summed E-state index contributed by atoms with van der Waals surface area (Å²) in [5.74, 6) is 0. The number of hydrogen-bond acceptors (Lipinski definition) is 4. The SMILES string of the molecule is O=[N+]([O-])O/C=C(/Sc1ccccc1)c1ccccc1. The Morgan fingerprint density at radius 2 is 1.63 bits per heavy atom. The van der Waals surface area contributed by atoms with Crippen LogP contribution in [0.2, 0.25) is 0 Å². The first-order valence-corrected chi connectivity index (χ1v) is 6.37. The molecule has 0 saturated carbocycles. The molecule has 2 aromatic rings. The van der Waals surface area contributed by atoms with Gasteiger partial charge in [0.1, 0.15) is 6.26 Å². The van der Waals surface area contributed by atoms with Gasteiger partial charge < -0.3 is 0 Å². The van der Waals surface area contributed by atoms with Crippen LogP contribution < -0.4 is 0 Å². The molecule has 0 fully saturated rings. The third kappa shape index (κ3) is 4.15. The van der Waals surface area contributed by atoms with Crippen LogP contribution in [0.5, 0.6) is 0 Å². The van der Waals surface area contributed by atoms with Crippen LogP contribution in [0.4, 0.5) is 0 Å². The highest BCUT2D eigenvalue weighted by atomic mass is 32.2. The topological polar surface area (TPSA) is 52.4 Å². The third-order valence-electron chi connectivity index (χ3n) is 2.28. The summed E-state index contributed by atoms with van der Waals surface area (Å²) in [6, 6.07) is 19.0. The fraction of sp³-hybridized carbons (Fsp3) is 0. The van der Waals surface area contributed by atoms with Gasteiger partial charge in [-0.2, -0.15) is 0 Å². The molecule has 0 saturated heterocycles. The van der Waals surface area contributed by atoms with Crippen molar-refractivity contribution in [3.63, 3.8) is 0 Å². The lowest BCUT2D eigenvalue weighted by Crippen LogP contribution is -1.93. The van der Waals surface area contributed by atoms with E-state index in [4.69, 9.17) is 0 Å². The second kappa shape index (κ2) is 6.61. The van der Waals surface area contributed by atoms with Gasteiger partial charge in [-0.1, -0.05) is 60.3 Å².